The summed E-state index contributed by atoms with van der Waals surface area (Å²) in [5.41, 5.74) is 3.44. The van der Waals surface area contributed by atoms with E-state index in [9.17, 15) is 13.2 Å². The van der Waals surface area contributed by atoms with E-state index in [1.165, 1.54) is 17.7 Å². The molecular formula is C21H26ClN3O3S2. The summed E-state index contributed by atoms with van der Waals surface area (Å²) < 4.78 is 25.1. The topological polar surface area (TPSA) is 87.3 Å². The van der Waals surface area contributed by atoms with Crippen LogP contribution >= 0.6 is 23.8 Å². The van der Waals surface area contributed by atoms with Crippen molar-refractivity contribution in [3.05, 3.63) is 64.7 Å². The standard InChI is InChI=1S/C21H26ClN3O3S2/c1-21(2,3)16-8-5-14(6-9-16)12-23-20(29)24-13-15-7-10-18(25-30(4,27)28)17(11-15)19(22)26/h5-11,25H,12-13H2,1-4H3,(H2,23,24,29). The SMILES string of the molecule is CC(C)(C)c1ccc(CNC(=S)NCc2ccc(NS(C)(=O)=O)c(C(=O)Cl)c2)cc1. The molecule has 0 bridgehead atoms. The second-order valence-corrected chi connectivity index (χ2v) is 10.5. The molecule has 0 heterocycles. The van der Waals surface area contributed by atoms with Crippen LogP contribution in [0.5, 0.6) is 0 Å². The Hall–Kier alpha value is -2.16. The largest absolute Gasteiger partial charge is 0.359 e. The summed E-state index contributed by atoms with van der Waals surface area (Å²) in [7, 11) is -3.52. The number of rotatable bonds is 7. The average Bonchev–Trinajstić information content (AvgIpc) is 2.63. The van der Waals surface area contributed by atoms with Gasteiger partial charge in [-0.3, -0.25) is 9.52 Å². The van der Waals surface area contributed by atoms with Crippen molar-refractivity contribution in [2.45, 2.75) is 39.3 Å². The summed E-state index contributed by atoms with van der Waals surface area (Å²) in [6, 6.07) is 13.1. The van der Waals surface area contributed by atoms with E-state index >= 15 is 0 Å². The van der Waals surface area contributed by atoms with Crippen LogP contribution in [0.3, 0.4) is 0 Å². The second-order valence-electron chi connectivity index (χ2n) is 8.01. The molecule has 0 radical (unpaired) electrons. The highest BCUT2D eigenvalue weighted by atomic mass is 35.5. The van der Waals surface area contributed by atoms with Crippen molar-refractivity contribution in [3.8, 4) is 0 Å². The third-order valence-corrected chi connectivity index (χ3v) is 5.40. The summed E-state index contributed by atoms with van der Waals surface area (Å²) >= 11 is 10.9. The van der Waals surface area contributed by atoms with Gasteiger partial charge in [0.1, 0.15) is 0 Å². The molecule has 9 heteroatoms. The van der Waals surface area contributed by atoms with Crippen molar-refractivity contribution in [2.75, 3.05) is 11.0 Å². The maximum Gasteiger partial charge on any atom is 0.254 e. The normalized spacial score (nSPS) is 11.6. The Labute approximate surface area is 188 Å². The van der Waals surface area contributed by atoms with Gasteiger partial charge in [0.05, 0.1) is 17.5 Å². The summed E-state index contributed by atoms with van der Waals surface area (Å²) in [6.07, 6.45) is 1.01. The Morgan fingerprint density at radius 2 is 1.53 bits per heavy atom. The van der Waals surface area contributed by atoms with E-state index < -0.39 is 15.3 Å². The predicted molar refractivity (Wildman–Crippen MR) is 127 cm³/mol. The molecule has 0 aromatic heterocycles. The van der Waals surface area contributed by atoms with E-state index in [2.05, 4.69) is 60.4 Å². The summed E-state index contributed by atoms with van der Waals surface area (Å²) in [6.45, 7) is 7.45. The minimum absolute atomic E-state index is 0.0826. The van der Waals surface area contributed by atoms with E-state index in [1.54, 1.807) is 6.07 Å². The van der Waals surface area contributed by atoms with Gasteiger partial charge in [-0.25, -0.2) is 8.42 Å². The van der Waals surface area contributed by atoms with E-state index in [1.807, 2.05) is 0 Å². The highest BCUT2D eigenvalue weighted by Crippen LogP contribution is 2.22. The van der Waals surface area contributed by atoms with Gasteiger partial charge in [0.25, 0.3) is 5.24 Å². The van der Waals surface area contributed by atoms with E-state index in [4.69, 9.17) is 23.8 Å². The fraction of sp³-hybridized carbons (Fsp3) is 0.333. The molecule has 0 saturated carbocycles. The first-order valence-electron chi connectivity index (χ1n) is 9.27. The van der Waals surface area contributed by atoms with E-state index in [-0.39, 0.29) is 16.7 Å². The van der Waals surface area contributed by atoms with Crippen molar-refractivity contribution >= 4 is 49.9 Å². The monoisotopic (exact) mass is 467 g/mol. The molecule has 2 aromatic rings. The van der Waals surface area contributed by atoms with Gasteiger partial charge < -0.3 is 10.6 Å². The van der Waals surface area contributed by atoms with Crippen LogP contribution in [0.4, 0.5) is 5.69 Å². The first-order chi connectivity index (χ1) is 13.8. The first-order valence-corrected chi connectivity index (χ1v) is 11.9. The Balaban J connectivity index is 1.94. The summed E-state index contributed by atoms with van der Waals surface area (Å²) in [4.78, 5) is 11.7. The molecule has 30 heavy (non-hydrogen) atoms. The Morgan fingerprint density at radius 3 is 2.03 bits per heavy atom. The minimum Gasteiger partial charge on any atom is -0.359 e. The first kappa shape index (κ1) is 24.1. The molecule has 0 spiro atoms. The lowest BCUT2D eigenvalue weighted by Crippen LogP contribution is -2.34. The lowest BCUT2D eigenvalue weighted by atomic mass is 9.87. The van der Waals surface area contributed by atoms with Crippen molar-refractivity contribution in [2.24, 2.45) is 0 Å². The lowest BCUT2D eigenvalue weighted by molar-refractivity contribution is 0.108. The van der Waals surface area contributed by atoms with Gasteiger partial charge in [-0.2, -0.15) is 0 Å². The molecule has 0 aliphatic rings. The van der Waals surface area contributed by atoms with Gasteiger partial charge in [-0.1, -0.05) is 51.1 Å². The van der Waals surface area contributed by atoms with Crippen molar-refractivity contribution in [1.29, 1.82) is 0 Å². The van der Waals surface area contributed by atoms with Gasteiger partial charge in [0.15, 0.2) is 5.11 Å². The molecule has 0 saturated heterocycles. The van der Waals surface area contributed by atoms with Crippen LogP contribution in [0, 0.1) is 0 Å². The third kappa shape index (κ3) is 7.59. The maximum absolute atomic E-state index is 11.7. The van der Waals surface area contributed by atoms with Crippen molar-refractivity contribution in [1.82, 2.24) is 10.6 Å². The smallest absolute Gasteiger partial charge is 0.254 e. The highest BCUT2D eigenvalue weighted by molar-refractivity contribution is 7.92. The predicted octanol–water partition coefficient (Wildman–Crippen LogP) is 3.90. The molecule has 0 aliphatic carbocycles. The molecular weight excluding hydrogens is 442 g/mol. The number of nitrogens with one attached hydrogen (secondary N) is 3. The van der Waals surface area contributed by atoms with Crippen LogP contribution in [0.1, 0.15) is 47.8 Å². The van der Waals surface area contributed by atoms with Crippen LogP contribution in [0.25, 0.3) is 0 Å². The second kappa shape index (κ2) is 9.76. The molecule has 3 N–H and O–H groups in total. The van der Waals surface area contributed by atoms with Crippen molar-refractivity contribution < 1.29 is 13.2 Å². The van der Waals surface area contributed by atoms with Gasteiger partial charge >= 0.3 is 0 Å². The number of carbonyl (C=O) groups excluding carboxylic acids is 1. The number of anilines is 1. The molecule has 0 fully saturated rings. The fourth-order valence-corrected chi connectivity index (χ4v) is 3.58. The molecule has 162 valence electrons. The number of carbonyl (C=O) groups is 1. The summed E-state index contributed by atoms with van der Waals surface area (Å²) in [5, 5.41) is 5.93. The Kier molecular flexibility index (Phi) is 7.85. The number of sulfonamides is 1. The third-order valence-electron chi connectivity index (χ3n) is 4.32. The fourth-order valence-electron chi connectivity index (χ4n) is 2.70. The van der Waals surface area contributed by atoms with E-state index in [0.717, 1.165) is 17.4 Å². The molecule has 2 aromatic carbocycles. The number of hydrogen-bond acceptors (Lipinski definition) is 4. The molecule has 2 rings (SSSR count). The lowest BCUT2D eigenvalue weighted by Gasteiger charge is -2.19. The van der Waals surface area contributed by atoms with Crippen LogP contribution in [-0.2, 0) is 28.5 Å². The van der Waals surface area contributed by atoms with Crippen LogP contribution < -0.4 is 15.4 Å². The van der Waals surface area contributed by atoms with Gasteiger partial charge in [0.2, 0.25) is 10.0 Å². The molecule has 0 amide bonds. The summed E-state index contributed by atoms with van der Waals surface area (Å²) in [5.74, 6) is 0. The molecule has 6 nitrogen and oxygen atoms in total. The Morgan fingerprint density at radius 1 is 1.00 bits per heavy atom. The Bertz CT molecular complexity index is 1030. The molecule has 0 unspecified atom stereocenters. The zero-order chi connectivity index (χ0) is 22.5. The maximum atomic E-state index is 11.7. The highest BCUT2D eigenvalue weighted by Gasteiger charge is 2.14. The van der Waals surface area contributed by atoms with Crippen LogP contribution in [0.15, 0.2) is 42.5 Å². The van der Waals surface area contributed by atoms with Crippen molar-refractivity contribution in [3.63, 3.8) is 0 Å². The van der Waals surface area contributed by atoms with Crippen LogP contribution in [-0.4, -0.2) is 25.0 Å². The quantitative estimate of drug-likeness (QED) is 0.423. The number of thiocarbonyl (C=S) groups is 1. The van der Waals surface area contributed by atoms with Crippen LogP contribution in [0.2, 0.25) is 0 Å². The van der Waals surface area contributed by atoms with Gasteiger partial charge in [-0.15, -0.1) is 0 Å². The minimum atomic E-state index is -3.52. The molecule has 0 aliphatic heterocycles. The van der Waals surface area contributed by atoms with E-state index in [0.29, 0.717) is 18.2 Å². The van der Waals surface area contributed by atoms with Gasteiger partial charge in [0, 0.05) is 13.1 Å². The zero-order valence-corrected chi connectivity index (χ0v) is 19.8. The average molecular weight is 468 g/mol. The zero-order valence-electron chi connectivity index (χ0n) is 17.4. The van der Waals surface area contributed by atoms with Gasteiger partial charge in [-0.05, 0) is 58.1 Å². The number of hydrogen-bond donors (Lipinski definition) is 3. The molecule has 0 atom stereocenters. The number of benzene rings is 2. The number of halogens is 1.